The normalized spacial score (nSPS) is 10.8. The third-order valence-corrected chi connectivity index (χ3v) is 5.27. The van der Waals surface area contributed by atoms with Crippen molar-refractivity contribution in [3.8, 4) is 0 Å². The number of amides is 1. The van der Waals surface area contributed by atoms with Crippen LogP contribution in [0, 0.1) is 5.92 Å². The highest BCUT2D eigenvalue weighted by atomic mass is 16.4. The van der Waals surface area contributed by atoms with Crippen molar-refractivity contribution in [3.05, 3.63) is 65.2 Å². The molecule has 1 amide bonds. The molecule has 0 aliphatic carbocycles. The molecule has 0 spiro atoms. The molecule has 4 heteroatoms. The zero-order chi connectivity index (χ0) is 20.4. The van der Waals surface area contributed by atoms with Gasteiger partial charge < -0.3 is 10.4 Å². The Labute approximate surface area is 168 Å². The van der Waals surface area contributed by atoms with E-state index in [4.69, 9.17) is 0 Å². The predicted molar refractivity (Wildman–Crippen MR) is 114 cm³/mol. The van der Waals surface area contributed by atoms with E-state index in [2.05, 4.69) is 11.4 Å². The summed E-state index contributed by atoms with van der Waals surface area (Å²) in [7, 11) is 0. The molecule has 150 valence electrons. The maximum Gasteiger partial charge on any atom is 0.335 e. The molecule has 0 fully saturated rings. The van der Waals surface area contributed by atoms with Crippen molar-refractivity contribution in [1.82, 2.24) is 0 Å². The van der Waals surface area contributed by atoms with Gasteiger partial charge in [-0.3, -0.25) is 4.79 Å². The summed E-state index contributed by atoms with van der Waals surface area (Å²) in [5, 5.41) is 12.4. The standard InChI is InChI=1S/C24H31NO3/c1-3-18(4-2)23(26)25-22-17-11-9-15-20(22)14-7-5-6-12-19-13-8-10-16-21(19)24(27)28/h8-11,13,15-18H,3-7,12,14H2,1-2H3,(H,25,26)(H,27,28). The second kappa shape index (κ2) is 11.3. The first-order valence-electron chi connectivity index (χ1n) is 10.3. The monoisotopic (exact) mass is 381 g/mol. The number of hydrogen-bond donors (Lipinski definition) is 2. The fraction of sp³-hybridized carbons (Fsp3) is 0.417. The van der Waals surface area contributed by atoms with E-state index in [0.29, 0.717) is 5.56 Å². The van der Waals surface area contributed by atoms with Crippen LogP contribution in [0.5, 0.6) is 0 Å². The lowest BCUT2D eigenvalue weighted by Gasteiger charge is -2.15. The molecule has 0 heterocycles. The van der Waals surface area contributed by atoms with Gasteiger partial charge in [0.2, 0.25) is 5.91 Å². The maximum atomic E-state index is 12.4. The topological polar surface area (TPSA) is 66.4 Å². The largest absolute Gasteiger partial charge is 0.478 e. The first kappa shape index (κ1) is 21.7. The van der Waals surface area contributed by atoms with E-state index >= 15 is 0 Å². The zero-order valence-corrected chi connectivity index (χ0v) is 16.9. The van der Waals surface area contributed by atoms with Crippen molar-refractivity contribution in [2.75, 3.05) is 5.32 Å². The molecule has 4 nitrogen and oxygen atoms in total. The fourth-order valence-electron chi connectivity index (χ4n) is 3.51. The summed E-state index contributed by atoms with van der Waals surface area (Å²) in [6.45, 7) is 4.09. The van der Waals surface area contributed by atoms with Crippen LogP contribution in [-0.2, 0) is 17.6 Å². The lowest BCUT2D eigenvalue weighted by atomic mass is 9.99. The van der Waals surface area contributed by atoms with Crippen molar-refractivity contribution in [3.63, 3.8) is 0 Å². The number of hydrogen-bond acceptors (Lipinski definition) is 2. The molecular weight excluding hydrogens is 350 g/mol. The molecule has 0 atom stereocenters. The molecule has 0 saturated heterocycles. The number of aromatic carboxylic acids is 1. The molecule has 2 aromatic rings. The second-order valence-corrected chi connectivity index (χ2v) is 7.18. The minimum absolute atomic E-state index is 0.0577. The van der Waals surface area contributed by atoms with Gasteiger partial charge in [-0.25, -0.2) is 4.79 Å². The van der Waals surface area contributed by atoms with Crippen LogP contribution in [0.4, 0.5) is 5.69 Å². The molecule has 0 aromatic heterocycles. The Bertz CT molecular complexity index is 781. The summed E-state index contributed by atoms with van der Waals surface area (Å²) in [5.74, 6) is -0.706. The van der Waals surface area contributed by atoms with Gasteiger partial charge in [0.25, 0.3) is 0 Å². The molecule has 0 unspecified atom stereocenters. The molecule has 28 heavy (non-hydrogen) atoms. The summed E-state index contributed by atoms with van der Waals surface area (Å²) >= 11 is 0. The van der Waals surface area contributed by atoms with E-state index in [-0.39, 0.29) is 11.8 Å². The lowest BCUT2D eigenvalue weighted by molar-refractivity contribution is -0.120. The summed E-state index contributed by atoms with van der Waals surface area (Å²) in [5.41, 5.74) is 3.37. The zero-order valence-electron chi connectivity index (χ0n) is 16.9. The third-order valence-electron chi connectivity index (χ3n) is 5.27. The molecule has 2 aromatic carbocycles. The quantitative estimate of drug-likeness (QED) is 0.490. The van der Waals surface area contributed by atoms with Crippen molar-refractivity contribution >= 4 is 17.6 Å². The lowest BCUT2D eigenvalue weighted by Crippen LogP contribution is -2.22. The van der Waals surface area contributed by atoms with E-state index in [0.717, 1.165) is 61.8 Å². The van der Waals surface area contributed by atoms with E-state index < -0.39 is 5.97 Å². The molecule has 0 aliphatic heterocycles. The molecule has 0 radical (unpaired) electrons. The number of carboxylic acids is 1. The Kier molecular flexibility index (Phi) is 8.73. The van der Waals surface area contributed by atoms with E-state index in [1.807, 2.05) is 44.2 Å². The maximum absolute atomic E-state index is 12.4. The van der Waals surface area contributed by atoms with Gasteiger partial charge in [0.05, 0.1) is 5.56 Å². The van der Waals surface area contributed by atoms with Gasteiger partial charge in [-0.05, 0) is 61.8 Å². The van der Waals surface area contributed by atoms with Crippen LogP contribution in [0.2, 0.25) is 0 Å². The fourth-order valence-corrected chi connectivity index (χ4v) is 3.51. The van der Waals surface area contributed by atoms with Crippen LogP contribution >= 0.6 is 0 Å². The molecule has 0 bridgehead atoms. The van der Waals surface area contributed by atoms with Gasteiger partial charge in [-0.2, -0.15) is 0 Å². The van der Waals surface area contributed by atoms with Gasteiger partial charge in [0.1, 0.15) is 0 Å². The molecule has 2 N–H and O–H groups in total. The highest BCUT2D eigenvalue weighted by molar-refractivity contribution is 5.93. The average Bonchev–Trinajstić information content (AvgIpc) is 2.70. The minimum Gasteiger partial charge on any atom is -0.478 e. The van der Waals surface area contributed by atoms with E-state index in [1.165, 1.54) is 0 Å². The van der Waals surface area contributed by atoms with Crippen LogP contribution in [0.25, 0.3) is 0 Å². The van der Waals surface area contributed by atoms with Crippen molar-refractivity contribution in [2.24, 2.45) is 5.92 Å². The molecule has 2 rings (SSSR count). The highest BCUT2D eigenvalue weighted by Gasteiger charge is 2.15. The summed E-state index contributed by atoms with van der Waals surface area (Å²) in [6.07, 6.45) is 6.35. The molecule has 0 aliphatic rings. The Hall–Kier alpha value is -2.62. The number of unbranched alkanes of at least 4 members (excludes halogenated alkanes) is 2. The Morgan fingerprint density at radius 3 is 2.07 bits per heavy atom. The van der Waals surface area contributed by atoms with Crippen LogP contribution in [0.1, 0.15) is 67.4 Å². The van der Waals surface area contributed by atoms with Crippen LogP contribution in [-0.4, -0.2) is 17.0 Å². The van der Waals surface area contributed by atoms with Gasteiger partial charge in [-0.1, -0.05) is 56.7 Å². The number of para-hydroxylation sites is 1. The number of carbonyl (C=O) groups excluding carboxylic acids is 1. The van der Waals surface area contributed by atoms with Gasteiger partial charge >= 0.3 is 5.97 Å². The van der Waals surface area contributed by atoms with Crippen LogP contribution in [0.3, 0.4) is 0 Å². The van der Waals surface area contributed by atoms with Crippen LogP contribution < -0.4 is 5.32 Å². The first-order chi connectivity index (χ1) is 13.6. The number of benzene rings is 2. The Morgan fingerprint density at radius 1 is 0.857 bits per heavy atom. The Morgan fingerprint density at radius 2 is 1.43 bits per heavy atom. The van der Waals surface area contributed by atoms with Crippen molar-refractivity contribution in [1.29, 1.82) is 0 Å². The number of rotatable bonds is 11. The highest BCUT2D eigenvalue weighted by Crippen LogP contribution is 2.21. The van der Waals surface area contributed by atoms with Gasteiger partial charge in [0.15, 0.2) is 0 Å². The number of aryl methyl sites for hydroxylation is 2. The van der Waals surface area contributed by atoms with Crippen LogP contribution in [0.15, 0.2) is 48.5 Å². The smallest absolute Gasteiger partial charge is 0.335 e. The van der Waals surface area contributed by atoms with E-state index in [1.54, 1.807) is 12.1 Å². The molecular formula is C24H31NO3. The summed E-state index contributed by atoms with van der Waals surface area (Å²) in [6, 6.07) is 15.2. The Balaban J connectivity index is 1.85. The second-order valence-electron chi connectivity index (χ2n) is 7.18. The van der Waals surface area contributed by atoms with Gasteiger partial charge in [0, 0.05) is 11.6 Å². The number of anilines is 1. The van der Waals surface area contributed by atoms with Crippen molar-refractivity contribution in [2.45, 2.75) is 58.8 Å². The number of carboxylic acid groups (broad SMARTS) is 1. The SMILES string of the molecule is CCC(CC)C(=O)Nc1ccccc1CCCCCc1ccccc1C(=O)O. The predicted octanol–water partition coefficient (Wildman–Crippen LogP) is 5.72. The molecule has 0 saturated carbocycles. The minimum atomic E-state index is -0.863. The van der Waals surface area contributed by atoms with Crippen molar-refractivity contribution < 1.29 is 14.7 Å². The third kappa shape index (κ3) is 6.22. The first-order valence-corrected chi connectivity index (χ1v) is 10.3. The van der Waals surface area contributed by atoms with E-state index in [9.17, 15) is 14.7 Å². The number of nitrogens with one attached hydrogen (secondary N) is 1. The van der Waals surface area contributed by atoms with Gasteiger partial charge in [-0.15, -0.1) is 0 Å². The average molecular weight is 382 g/mol. The number of carbonyl (C=O) groups is 2. The summed E-state index contributed by atoms with van der Waals surface area (Å²) < 4.78 is 0. The summed E-state index contributed by atoms with van der Waals surface area (Å²) in [4.78, 5) is 23.7.